The molecule has 6 aliphatic heterocycles. The van der Waals surface area contributed by atoms with Crippen molar-refractivity contribution in [3.8, 4) is 11.9 Å². The molecular weight excluding hydrogens is 1420 g/mol. The number of fused-ring (bicyclic) bond motifs is 1. The molecule has 10 rings (SSSR count). The van der Waals surface area contributed by atoms with Crippen LogP contribution >= 0.6 is 0 Å². The highest BCUT2D eigenvalue weighted by molar-refractivity contribution is 5.97. The summed E-state index contributed by atoms with van der Waals surface area (Å²) in [4.78, 5) is 86.3. The van der Waals surface area contributed by atoms with Crippen LogP contribution in [0.5, 0.6) is 5.75 Å². The van der Waals surface area contributed by atoms with Crippen LogP contribution in [0.2, 0.25) is 0 Å². The van der Waals surface area contributed by atoms with E-state index in [1.807, 2.05) is 54.6 Å². The molecule has 4 aromatic rings. The summed E-state index contributed by atoms with van der Waals surface area (Å²) >= 11 is 0. The number of carbonyl (C=O) groups is 5. The molecule has 108 heavy (non-hydrogen) atoms. The van der Waals surface area contributed by atoms with E-state index in [4.69, 9.17) is 49.7 Å². The molecule has 0 bridgehead atoms. The van der Waals surface area contributed by atoms with Crippen molar-refractivity contribution in [2.45, 2.75) is 185 Å². The van der Waals surface area contributed by atoms with Gasteiger partial charge in [-0.3, -0.25) is 39.6 Å². The first-order valence-corrected chi connectivity index (χ1v) is 34.8. The van der Waals surface area contributed by atoms with Gasteiger partial charge in [-0.2, -0.15) is 5.26 Å². The van der Waals surface area contributed by atoms with Crippen molar-refractivity contribution in [3.05, 3.63) is 137 Å². The Morgan fingerprint density at radius 3 is 1.94 bits per heavy atom. The van der Waals surface area contributed by atoms with E-state index in [0.717, 1.165) is 16.0 Å². The quantitative estimate of drug-likeness (QED) is 0.0164. The first-order valence-electron chi connectivity index (χ1n) is 34.8. The number of nitriles is 1. The summed E-state index contributed by atoms with van der Waals surface area (Å²) in [5.74, 6) is -8.19. The summed E-state index contributed by atoms with van der Waals surface area (Å²) in [6.07, 6.45) is -28.0. The highest BCUT2D eigenvalue weighted by atomic mass is 16.8. The Bertz CT molecular complexity index is 3760. The summed E-state index contributed by atoms with van der Waals surface area (Å²) in [6.45, 7) is -2.91. The summed E-state index contributed by atoms with van der Waals surface area (Å²) < 4.78 is 41.7. The smallest absolute Gasteiger partial charge is 0.261 e. The van der Waals surface area contributed by atoms with Crippen LogP contribution < -0.4 is 47.7 Å². The average Bonchev–Trinajstić information content (AvgIpc) is 1.12. The number of ether oxygens (including phenoxy) is 7. The van der Waals surface area contributed by atoms with Crippen molar-refractivity contribution >= 4 is 47.7 Å². The van der Waals surface area contributed by atoms with Crippen LogP contribution in [0.15, 0.2) is 109 Å². The maximum atomic E-state index is 15.3. The van der Waals surface area contributed by atoms with Crippen molar-refractivity contribution in [3.63, 3.8) is 0 Å². The maximum Gasteiger partial charge on any atom is 0.261 e. The van der Waals surface area contributed by atoms with Crippen LogP contribution in [0.4, 0.5) is 0 Å². The molecule has 21 unspecified atom stereocenters. The van der Waals surface area contributed by atoms with Crippen molar-refractivity contribution in [1.82, 2.24) is 47.0 Å². The van der Waals surface area contributed by atoms with Crippen LogP contribution in [0, 0.1) is 22.3 Å². The van der Waals surface area contributed by atoms with Gasteiger partial charge in [-0.05, 0) is 47.2 Å². The average molecular weight is 1510 g/mol. The fourth-order valence-corrected chi connectivity index (χ4v) is 13.8. The van der Waals surface area contributed by atoms with Gasteiger partial charge in [0.15, 0.2) is 36.9 Å². The normalized spacial score (nSPS) is 30.5. The molecule has 23 N–H and O–H groups in total. The number of hydrogen-bond donors (Lipinski definition) is 22. The number of amides is 5. The predicted octanol–water partition coefficient (Wildman–Crippen LogP) is -8.32. The van der Waals surface area contributed by atoms with Crippen molar-refractivity contribution in [2.24, 2.45) is 5.73 Å². The zero-order valence-electron chi connectivity index (χ0n) is 58.1. The largest absolute Gasteiger partial charge is 0.462 e. The minimum atomic E-state index is -2.53. The molecule has 6 saturated heterocycles. The molecule has 5 amide bonds. The lowest BCUT2D eigenvalue weighted by Gasteiger charge is -2.48. The van der Waals surface area contributed by atoms with Crippen molar-refractivity contribution in [2.75, 3.05) is 46.1 Å². The Labute approximate surface area is 617 Å². The van der Waals surface area contributed by atoms with Gasteiger partial charge in [-0.1, -0.05) is 104 Å². The predicted molar refractivity (Wildman–Crippen MR) is 368 cm³/mol. The van der Waals surface area contributed by atoms with Gasteiger partial charge in [0.05, 0.1) is 45.1 Å². The monoisotopic (exact) mass is 1510 g/mol. The van der Waals surface area contributed by atoms with Crippen LogP contribution in [-0.2, 0) is 70.0 Å². The Kier molecular flexibility index (Phi) is 27.9. The molecule has 4 aromatic carbocycles. The number of aliphatic hydroxyl groups excluding tert-OH is 12. The van der Waals surface area contributed by atoms with Gasteiger partial charge >= 0.3 is 0 Å². The number of rotatable bonds is 31. The number of nitrogens with one attached hydrogen (secondary N) is 9. The zero-order valence-corrected chi connectivity index (χ0v) is 58.1. The Morgan fingerprint density at radius 2 is 1.32 bits per heavy atom. The van der Waals surface area contributed by atoms with Crippen LogP contribution in [0.25, 0.3) is 0 Å². The Morgan fingerprint density at radius 1 is 0.685 bits per heavy atom. The van der Waals surface area contributed by atoms with E-state index >= 15 is 9.59 Å². The third kappa shape index (κ3) is 18.5. The van der Waals surface area contributed by atoms with E-state index in [0.29, 0.717) is 17.5 Å². The van der Waals surface area contributed by atoms with E-state index in [2.05, 4.69) is 37.2 Å². The van der Waals surface area contributed by atoms with Gasteiger partial charge in [0.1, 0.15) is 121 Å². The number of guanidine groups is 2. The van der Waals surface area contributed by atoms with Crippen molar-refractivity contribution < 1.29 is 123 Å². The second kappa shape index (κ2) is 36.9. The summed E-state index contributed by atoms with van der Waals surface area (Å²) in [5, 5.41) is 178. The molecule has 1 radical (unpaired) electrons. The standard InChI is InChI=1S/C70H90N13O25/c1-2-39(35-11-7-4-8-12-35)47(79-46(88)23-71)62(99)77-40(61(98)80-48(50(89)41-24-75-69(73)78-41)63(100)81-49(64(101)82(31-72)37(26-84)27-85)51(90)42-25-76-70(74)83(42)65-56(95)53(92)52(91)43(28-86)104-65)22-34-15-19-38(20-16-34)103-67-57(96)54(93)59(44(29-87)105-67)108-68-58(97)55(94)60-45(106-68)30-102-66(107-60)36-17-13-33(14-18-36)21-32-9-5-3-6-10-32/h3-20,37,39-45,47-60,65-68,84,86-87,89-97H,2,21-26,28-30,71H2,1H3,(H2,74,76)(H,77,99)(H,79,88)(H,80,98)(H,81,100)(H3,73,75,78)/t37-,39?,40-,41?,42?,43?,44?,45?,47-,48-,49-,50?,51?,52?,53?,54?,55?,56?,57?,58?,59?,60?,65?,66?,67?,68?/m0/s1. The molecule has 6 fully saturated rings. The fraction of sp³-hybridized carbons (Fsp3) is 0.529. The summed E-state index contributed by atoms with van der Waals surface area (Å²) in [7, 11) is 0. The first kappa shape index (κ1) is 81.5. The highest BCUT2D eigenvalue weighted by Crippen LogP contribution is 2.38. The highest BCUT2D eigenvalue weighted by Gasteiger charge is 2.56. The third-order valence-corrected chi connectivity index (χ3v) is 19.7. The third-order valence-electron chi connectivity index (χ3n) is 19.7. The lowest BCUT2D eigenvalue weighted by molar-refractivity contribution is -0.383. The SMILES string of the molecule is CCC(c1ccccc1)[C@H](NC(=O)CN)C(=O)N[C@@H](Cc1ccc(OC2OC(CO)C(OC3OC4COC(c5ccc(Cc6ccccc6)cc5)OC4C(O)C3O)C(O)C2O)cc1)C(=O)N[C@H](C(=O)N[C@H](C(=O)N(C#N)[C@H]([C]=O)CO)C(O)C1CNC(=N)N1C1OC(CO)C(O)C(O)C1O)C(O)C1CNC(=N)N1. The topological polar surface area (TPSA) is 598 Å². The second-order valence-corrected chi connectivity index (χ2v) is 26.7. The molecule has 0 aliphatic carbocycles. The lowest BCUT2D eigenvalue weighted by atomic mass is 9.88. The number of benzene rings is 4. The minimum absolute atomic E-state index is 0.0272. The zero-order chi connectivity index (χ0) is 77.8. The van der Waals surface area contributed by atoms with E-state index in [-0.39, 0.29) is 41.7 Å². The van der Waals surface area contributed by atoms with Gasteiger partial charge in [0.2, 0.25) is 36.2 Å². The maximum absolute atomic E-state index is 15.3. The summed E-state index contributed by atoms with van der Waals surface area (Å²) in [5.41, 5.74) is 9.28. The van der Waals surface area contributed by atoms with Crippen LogP contribution in [0.3, 0.4) is 0 Å². The molecule has 38 nitrogen and oxygen atoms in total. The second-order valence-electron chi connectivity index (χ2n) is 26.7. The number of nitrogens with two attached hydrogens (primary N) is 1. The molecule has 0 saturated carbocycles. The van der Waals surface area contributed by atoms with Gasteiger partial charge in [0.25, 0.3) is 5.91 Å². The molecule has 0 spiro atoms. The molecule has 0 aromatic heterocycles. The van der Waals surface area contributed by atoms with E-state index in [9.17, 15) is 85.7 Å². The molecule has 26 atom stereocenters. The molecule has 585 valence electrons. The van der Waals surface area contributed by atoms with Gasteiger partial charge in [-0.25, -0.2) is 4.90 Å². The molecule has 6 aliphatic rings. The fourth-order valence-electron chi connectivity index (χ4n) is 13.8. The minimum Gasteiger partial charge on any atom is -0.462 e. The number of carbonyl (C=O) groups excluding carboxylic acids is 6. The van der Waals surface area contributed by atoms with Gasteiger partial charge in [0, 0.05) is 31.0 Å². The number of aliphatic hydroxyl groups is 12. The van der Waals surface area contributed by atoms with Gasteiger partial charge in [-0.15, -0.1) is 0 Å². The molecule has 38 heteroatoms. The van der Waals surface area contributed by atoms with Gasteiger partial charge < -0.3 is 142 Å². The first-order chi connectivity index (χ1) is 51.8. The van der Waals surface area contributed by atoms with Crippen LogP contribution in [0.1, 0.15) is 53.4 Å². The Balaban J connectivity index is 0.884. The van der Waals surface area contributed by atoms with E-state index < -0.39 is 234 Å². The molecular formula is C70H90N13O25. The Hall–Kier alpha value is -9.03. The van der Waals surface area contributed by atoms with E-state index in [1.54, 1.807) is 37.3 Å². The van der Waals surface area contributed by atoms with E-state index in [1.165, 1.54) is 36.7 Å². The summed E-state index contributed by atoms with van der Waals surface area (Å²) in [6, 6.07) is 17.8. The molecule has 6 heterocycles. The van der Waals surface area contributed by atoms with Crippen LogP contribution in [-0.4, -0.2) is 311 Å². The number of hydrogen-bond acceptors (Lipinski definition) is 29. The lowest BCUT2D eigenvalue weighted by Crippen LogP contribution is -2.69. The number of nitrogens with zero attached hydrogens (tertiary/aromatic N) is 3. The van der Waals surface area contributed by atoms with Crippen molar-refractivity contribution in [1.29, 1.82) is 16.1 Å².